The standard InChI is InChI=1S/C25H23F3N4O3/c1-33-19-13-17(14-20(15-19)34-2)30-24-23(31-21-5-3-4-6-22(21)32-24)29-12-11-16-7-9-18(10-8-16)35-25(26,27)28/h3-10,13-15H,11-12H2,1-2H3,(H,29,31)(H,30,32). The molecule has 0 atom stereocenters. The maximum absolute atomic E-state index is 12.4. The van der Waals surface area contributed by atoms with Gasteiger partial charge in [-0.1, -0.05) is 24.3 Å². The van der Waals surface area contributed by atoms with E-state index in [1.807, 2.05) is 36.4 Å². The molecule has 0 bridgehead atoms. The Labute approximate surface area is 199 Å². The largest absolute Gasteiger partial charge is 0.573 e. The summed E-state index contributed by atoms with van der Waals surface area (Å²) >= 11 is 0. The summed E-state index contributed by atoms with van der Waals surface area (Å²) in [5, 5.41) is 6.55. The lowest BCUT2D eigenvalue weighted by molar-refractivity contribution is -0.274. The SMILES string of the molecule is COc1cc(Nc2nc3ccccc3nc2NCCc2ccc(OC(F)(F)F)cc2)cc(OC)c1. The molecule has 4 aromatic rings. The van der Waals surface area contributed by atoms with Crippen molar-refractivity contribution in [3.05, 3.63) is 72.3 Å². The molecule has 0 aliphatic rings. The van der Waals surface area contributed by atoms with Gasteiger partial charge in [0.05, 0.1) is 25.3 Å². The van der Waals surface area contributed by atoms with Crippen molar-refractivity contribution in [2.75, 3.05) is 31.4 Å². The number of fused-ring (bicyclic) bond motifs is 1. The average Bonchev–Trinajstić information content (AvgIpc) is 2.84. The minimum atomic E-state index is -4.71. The highest BCUT2D eigenvalue weighted by Crippen LogP contribution is 2.30. The molecule has 0 aliphatic heterocycles. The monoisotopic (exact) mass is 484 g/mol. The number of methoxy groups -OCH3 is 2. The molecule has 2 N–H and O–H groups in total. The Kier molecular flexibility index (Phi) is 7.09. The van der Waals surface area contributed by atoms with Gasteiger partial charge in [-0.05, 0) is 36.2 Å². The first-order valence-corrected chi connectivity index (χ1v) is 10.7. The van der Waals surface area contributed by atoms with Crippen LogP contribution < -0.4 is 24.8 Å². The van der Waals surface area contributed by atoms with Gasteiger partial charge in [0.25, 0.3) is 0 Å². The van der Waals surface area contributed by atoms with E-state index in [-0.39, 0.29) is 5.75 Å². The van der Waals surface area contributed by atoms with Crippen molar-refractivity contribution < 1.29 is 27.4 Å². The van der Waals surface area contributed by atoms with Crippen LogP contribution in [0.4, 0.5) is 30.5 Å². The summed E-state index contributed by atoms with van der Waals surface area (Å²) in [7, 11) is 3.15. The molecule has 3 aromatic carbocycles. The van der Waals surface area contributed by atoms with E-state index in [4.69, 9.17) is 19.4 Å². The quantitative estimate of drug-likeness (QED) is 0.304. The van der Waals surface area contributed by atoms with Gasteiger partial charge in [0.2, 0.25) is 0 Å². The molecule has 0 amide bonds. The van der Waals surface area contributed by atoms with Crippen molar-refractivity contribution in [1.29, 1.82) is 0 Å². The number of rotatable bonds is 9. The zero-order valence-electron chi connectivity index (χ0n) is 19.0. The predicted molar refractivity (Wildman–Crippen MR) is 128 cm³/mol. The van der Waals surface area contributed by atoms with Gasteiger partial charge >= 0.3 is 6.36 Å². The van der Waals surface area contributed by atoms with E-state index in [9.17, 15) is 13.2 Å². The summed E-state index contributed by atoms with van der Waals surface area (Å²) in [6.45, 7) is 0.475. The summed E-state index contributed by atoms with van der Waals surface area (Å²) in [6.07, 6.45) is -4.17. The second-order valence-electron chi connectivity index (χ2n) is 7.50. The van der Waals surface area contributed by atoms with Crippen LogP contribution in [0.5, 0.6) is 17.2 Å². The van der Waals surface area contributed by atoms with Gasteiger partial charge in [0.1, 0.15) is 17.2 Å². The number of alkyl halides is 3. The third-order valence-electron chi connectivity index (χ3n) is 5.05. The molecular weight excluding hydrogens is 461 g/mol. The number of ether oxygens (including phenoxy) is 3. The third kappa shape index (κ3) is 6.44. The number of nitrogens with one attached hydrogen (secondary N) is 2. The van der Waals surface area contributed by atoms with Crippen LogP contribution in [0, 0.1) is 0 Å². The predicted octanol–water partition coefficient (Wildman–Crippen LogP) is 5.94. The number of anilines is 3. The first kappa shape index (κ1) is 23.9. The lowest BCUT2D eigenvalue weighted by atomic mass is 10.1. The number of nitrogens with zero attached hydrogens (tertiary/aromatic N) is 2. The van der Waals surface area contributed by atoms with Crippen molar-refractivity contribution in [3.8, 4) is 17.2 Å². The van der Waals surface area contributed by atoms with Gasteiger partial charge in [-0.3, -0.25) is 0 Å². The van der Waals surface area contributed by atoms with Crippen LogP contribution in [0.1, 0.15) is 5.56 Å². The van der Waals surface area contributed by atoms with Crippen molar-refractivity contribution >= 4 is 28.4 Å². The van der Waals surface area contributed by atoms with Crippen LogP contribution in [0.3, 0.4) is 0 Å². The Morgan fingerprint density at radius 2 is 1.37 bits per heavy atom. The zero-order chi connectivity index (χ0) is 24.8. The fourth-order valence-corrected chi connectivity index (χ4v) is 3.41. The van der Waals surface area contributed by atoms with E-state index in [0.29, 0.717) is 41.8 Å². The molecule has 35 heavy (non-hydrogen) atoms. The van der Waals surface area contributed by atoms with Crippen molar-refractivity contribution in [2.24, 2.45) is 0 Å². The number of aromatic nitrogens is 2. The highest BCUT2D eigenvalue weighted by Gasteiger charge is 2.30. The maximum atomic E-state index is 12.4. The van der Waals surface area contributed by atoms with E-state index in [1.54, 1.807) is 32.4 Å². The minimum absolute atomic E-state index is 0.255. The van der Waals surface area contributed by atoms with Crippen molar-refractivity contribution in [3.63, 3.8) is 0 Å². The molecule has 7 nitrogen and oxygen atoms in total. The van der Waals surface area contributed by atoms with Gasteiger partial charge in [0, 0.05) is 30.4 Å². The summed E-state index contributed by atoms with van der Waals surface area (Å²) in [4.78, 5) is 9.41. The molecule has 0 unspecified atom stereocenters. The first-order valence-electron chi connectivity index (χ1n) is 10.7. The molecular formula is C25H23F3N4O3. The van der Waals surface area contributed by atoms with Crippen LogP contribution in [-0.2, 0) is 6.42 Å². The number of hydrogen-bond donors (Lipinski definition) is 2. The molecule has 1 aromatic heterocycles. The second-order valence-corrected chi connectivity index (χ2v) is 7.50. The summed E-state index contributed by atoms with van der Waals surface area (Å²) < 4.78 is 51.7. The van der Waals surface area contributed by atoms with Crippen LogP contribution in [-0.4, -0.2) is 37.1 Å². The minimum Gasteiger partial charge on any atom is -0.497 e. The number of para-hydroxylation sites is 2. The summed E-state index contributed by atoms with van der Waals surface area (Å²) in [6, 6.07) is 18.7. The van der Waals surface area contributed by atoms with Gasteiger partial charge in [-0.2, -0.15) is 0 Å². The van der Waals surface area contributed by atoms with Crippen molar-refractivity contribution in [1.82, 2.24) is 9.97 Å². The van der Waals surface area contributed by atoms with Crippen LogP contribution in [0.15, 0.2) is 66.7 Å². The van der Waals surface area contributed by atoms with E-state index >= 15 is 0 Å². The van der Waals surface area contributed by atoms with Crippen LogP contribution in [0.25, 0.3) is 11.0 Å². The normalized spacial score (nSPS) is 11.2. The van der Waals surface area contributed by atoms with Crippen LogP contribution in [0.2, 0.25) is 0 Å². The molecule has 1 heterocycles. The van der Waals surface area contributed by atoms with Gasteiger partial charge in [-0.25, -0.2) is 9.97 Å². The van der Waals surface area contributed by atoms with E-state index in [1.165, 1.54) is 12.1 Å². The molecule has 0 spiro atoms. The van der Waals surface area contributed by atoms with Gasteiger partial charge < -0.3 is 24.8 Å². The highest BCUT2D eigenvalue weighted by atomic mass is 19.4. The first-order chi connectivity index (χ1) is 16.8. The Bertz CT molecular complexity index is 1280. The van der Waals surface area contributed by atoms with Crippen LogP contribution >= 0.6 is 0 Å². The van der Waals surface area contributed by atoms with Gasteiger partial charge in [0.15, 0.2) is 11.6 Å². The fraction of sp³-hybridized carbons (Fsp3) is 0.200. The van der Waals surface area contributed by atoms with Gasteiger partial charge in [-0.15, -0.1) is 13.2 Å². The smallest absolute Gasteiger partial charge is 0.497 e. The van der Waals surface area contributed by atoms with Crippen molar-refractivity contribution in [2.45, 2.75) is 12.8 Å². The Hall–Kier alpha value is -4.21. The second kappa shape index (κ2) is 10.4. The molecule has 0 saturated carbocycles. The number of halogens is 3. The Morgan fingerprint density at radius 1 is 0.771 bits per heavy atom. The average molecular weight is 484 g/mol. The molecule has 0 radical (unpaired) electrons. The number of hydrogen-bond acceptors (Lipinski definition) is 7. The van der Waals surface area contributed by atoms with E-state index in [2.05, 4.69) is 15.4 Å². The molecule has 10 heteroatoms. The lowest BCUT2D eigenvalue weighted by Gasteiger charge is -2.15. The lowest BCUT2D eigenvalue weighted by Crippen LogP contribution is -2.17. The summed E-state index contributed by atoms with van der Waals surface area (Å²) in [5.74, 6) is 2.02. The van der Waals surface area contributed by atoms with E-state index in [0.717, 1.165) is 16.6 Å². The molecule has 0 aliphatic carbocycles. The zero-order valence-corrected chi connectivity index (χ0v) is 19.0. The third-order valence-corrected chi connectivity index (χ3v) is 5.05. The molecule has 0 saturated heterocycles. The molecule has 0 fully saturated rings. The molecule has 4 rings (SSSR count). The Balaban J connectivity index is 1.52. The topological polar surface area (TPSA) is 77.5 Å². The maximum Gasteiger partial charge on any atom is 0.573 e. The molecule has 182 valence electrons. The Morgan fingerprint density at radius 3 is 1.94 bits per heavy atom. The summed E-state index contributed by atoms with van der Waals surface area (Å²) in [5.41, 5.74) is 2.98. The fourth-order valence-electron chi connectivity index (χ4n) is 3.41. The highest BCUT2D eigenvalue weighted by molar-refractivity contribution is 5.82. The van der Waals surface area contributed by atoms with E-state index < -0.39 is 6.36 Å². The number of benzene rings is 3.